The number of hydrogen-bond acceptors (Lipinski definition) is 4. The Balaban J connectivity index is 0.00000312. The van der Waals surface area contributed by atoms with Gasteiger partial charge < -0.3 is 25.2 Å². The van der Waals surface area contributed by atoms with Gasteiger partial charge in [-0.2, -0.15) is 0 Å². The molecule has 1 aliphatic rings. The van der Waals surface area contributed by atoms with Crippen LogP contribution in [0.5, 0.6) is 11.5 Å². The van der Waals surface area contributed by atoms with E-state index in [1.165, 1.54) is 0 Å². The summed E-state index contributed by atoms with van der Waals surface area (Å²) in [4.78, 5) is 4.56. The highest BCUT2D eigenvalue weighted by Crippen LogP contribution is 2.18. The summed E-state index contributed by atoms with van der Waals surface area (Å²) in [5.41, 5.74) is 0. The lowest BCUT2D eigenvalue weighted by Gasteiger charge is -2.27. The van der Waals surface area contributed by atoms with E-state index in [9.17, 15) is 5.11 Å². The van der Waals surface area contributed by atoms with Crippen molar-refractivity contribution in [3.8, 4) is 11.5 Å². The van der Waals surface area contributed by atoms with Gasteiger partial charge in [0.1, 0.15) is 18.1 Å². The van der Waals surface area contributed by atoms with E-state index >= 15 is 0 Å². The molecule has 6 nitrogen and oxygen atoms in total. The highest BCUT2D eigenvalue weighted by atomic mass is 127. The van der Waals surface area contributed by atoms with Gasteiger partial charge in [-0.1, -0.05) is 0 Å². The Morgan fingerprint density at radius 1 is 1.16 bits per heavy atom. The minimum atomic E-state index is -0.138. The molecule has 1 aliphatic carbocycles. The van der Waals surface area contributed by atoms with Crippen molar-refractivity contribution >= 4 is 29.9 Å². The number of nitrogens with zero attached hydrogens (tertiary/aromatic N) is 1. The zero-order chi connectivity index (χ0) is 17.2. The summed E-state index contributed by atoms with van der Waals surface area (Å²) in [6.45, 7) is 3.97. The van der Waals surface area contributed by atoms with Gasteiger partial charge in [-0.15, -0.1) is 24.0 Å². The number of hydrogen-bond donors (Lipinski definition) is 3. The predicted octanol–water partition coefficient (Wildman–Crippen LogP) is 2.55. The molecule has 7 heteroatoms. The molecule has 2 rings (SSSR count). The third-order valence-corrected chi connectivity index (χ3v) is 4.07. The lowest BCUT2D eigenvalue weighted by molar-refractivity contribution is 0.120. The molecule has 0 radical (unpaired) electrons. The molecule has 3 N–H and O–H groups in total. The predicted molar refractivity (Wildman–Crippen MR) is 111 cm³/mol. The van der Waals surface area contributed by atoms with Gasteiger partial charge in [0.25, 0.3) is 0 Å². The molecule has 142 valence electrons. The molecule has 1 fully saturated rings. The summed E-state index contributed by atoms with van der Waals surface area (Å²) in [7, 11) is 1.65. The molecule has 0 aromatic heterocycles. The van der Waals surface area contributed by atoms with Gasteiger partial charge in [0.15, 0.2) is 5.96 Å². The Bertz CT molecular complexity index is 503. The number of aliphatic imine (C=N–C) groups is 1. The smallest absolute Gasteiger partial charge is 0.191 e. The fourth-order valence-corrected chi connectivity index (χ4v) is 2.73. The van der Waals surface area contributed by atoms with Crippen LogP contribution in [0.25, 0.3) is 0 Å². The van der Waals surface area contributed by atoms with E-state index in [0.29, 0.717) is 19.2 Å². The Kier molecular flexibility index (Phi) is 10.6. The molecule has 0 heterocycles. The van der Waals surface area contributed by atoms with E-state index in [2.05, 4.69) is 22.5 Å². The van der Waals surface area contributed by atoms with E-state index in [-0.39, 0.29) is 30.1 Å². The molecule has 0 aliphatic heterocycles. The van der Waals surface area contributed by atoms with Crippen LogP contribution in [0, 0.1) is 0 Å². The van der Waals surface area contributed by atoms with Crippen LogP contribution in [-0.4, -0.2) is 50.0 Å². The normalized spacial score (nSPS) is 20.4. The van der Waals surface area contributed by atoms with Crippen molar-refractivity contribution in [2.45, 2.75) is 44.8 Å². The highest BCUT2D eigenvalue weighted by Gasteiger charge is 2.19. The Labute approximate surface area is 167 Å². The SMILES string of the molecule is CCNC(=NCCOc1ccc(OC)cc1)NC1CCC(O)CC1.I. The minimum absolute atomic E-state index is 0. The van der Waals surface area contributed by atoms with Gasteiger partial charge in [-0.05, 0) is 56.9 Å². The van der Waals surface area contributed by atoms with Gasteiger partial charge in [0, 0.05) is 12.6 Å². The topological polar surface area (TPSA) is 75.1 Å². The van der Waals surface area contributed by atoms with Crippen molar-refractivity contribution < 1.29 is 14.6 Å². The number of methoxy groups -OCH3 is 1. The second-order valence-corrected chi connectivity index (χ2v) is 5.93. The molecule has 0 atom stereocenters. The van der Waals surface area contributed by atoms with Crippen LogP contribution in [0.3, 0.4) is 0 Å². The maximum Gasteiger partial charge on any atom is 0.191 e. The van der Waals surface area contributed by atoms with Crippen LogP contribution in [0.4, 0.5) is 0 Å². The molecule has 0 unspecified atom stereocenters. The third kappa shape index (κ3) is 8.13. The van der Waals surface area contributed by atoms with Crippen LogP contribution >= 0.6 is 24.0 Å². The van der Waals surface area contributed by atoms with Crippen LogP contribution in [0.1, 0.15) is 32.6 Å². The van der Waals surface area contributed by atoms with Crippen molar-refractivity contribution in [2.75, 3.05) is 26.8 Å². The first-order valence-electron chi connectivity index (χ1n) is 8.71. The number of aliphatic hydroxyl groups excluding tert-OH is 1. The first-order chi connectivity index (χ1) is 11.7. The highest BCUT2D eigenvalue weighted by molar-refractivity contribution is 14.0. The standard InChI is InChI=1S/C18H29N3O3.HI/c1-3-19-18(21-14-4-6-15(22)7-5-14)20-12-13-24-17-10-8-16(23-2)9-11-17;/h8-11,14-15,22H,3-7,12-13H2,1-2H3,(H2,19,20,21);1H. The molecule has 1 saturated carbocycles. The molecular weight excluding hydrogens is 433 g/mol. The fourth-order valence-electron chi connectivity index (χ4n) is 2.73. The minimum Gasteiger partial charge on any atom is -0.497 e. The van der Waals surface area contributed by atoms with Gasteiger partial charge in [0.05, 0.1) is 19.8 Å². The van der Waals surface area contributed by atoms with Crippen molar-refractivity contribution in [1.29, 1.82) is 0 Å². The van der Waals surface area contributed by atoms with E-state index in [0.717, 1.165) is 49.7 Å². The molecule has 25 heavy (non-hydrogen) atoms. The Morgan fingerprint density at radius 3 is 2.40 bits per heavy atom. The third-order valence-electron chi connectivity index (χ3n) is 4.07. The maximum atomic E-state index is 9.58. The van der Waals surface area contributed by atoms with Crippen LogP contribution in [-0.2, 0) is 0 Å². The quantitative estimate of drug-likeness (QED) is 0.251. The number of benzene rings is 1. The molecule has 0 bridgehead atoms. The lowest BCUT2D eigenvalue weighted by Crippen LogP contribution is -2.45. The Hall–Kier alpha value is -1.22. The summed E-state index contributed by atoms with van der Waals surface area (Å²) < 4.78 is 10.8. The Morgan fingerprint density at radius 2 is 1.80 bits per heavy atom. The molecular formula is C18H30IN3O3. The average Bonchev–Trinajstić information content (AvgIpc) is 2.61. The molecule has 0 amide bonds. The number of guanidine groups is 1. The molecule has 1 aromatic rings. The molecule has 1 aromatic carbocycles. The second-order valence-electron chi connectivity index (χ2n) is 5.93. The molecule has 0 spiro atoms. The zero-order valence-corrected chi connectivity index (χ0v) is 17.4. The number of rotatable bonds is 7. The van der Waals surface area contributed by atoms with Crippen molar-refractivity contribution in [2.24, 2.45) is 4.99 Å². The van der Waals surface area contributed by atoms with E-state index in [1.54, 1.807) is 7.11 Å². The number of aliphatic hydroxyl groups is 1. The van der Waals surface area contributed by atoms with Crippen molar-refractivity contribution in [3.63, 3.8) is 0 Å². The lowest BCUT2D eigenvalue weighted by atomic mass is 9.93. The van der Waals surface area contributed by atoms with Gasteiger partial charge >= 0.3 is 0 Å². The number of ether oxygens (including phenoxy) is 2. The summed E-state index contributed by atoms with van der Waals surface area (Å²) >= 11 is 0. The van der Waals surface area contributed by atoms with Crippen LogP contribution < -0.4 is 20.1 Å². The van der Waals surface area contributed by atoms with Crippen molar-refractivity contribution in [1.82, 2.24) is 10.6 Å². The van der Waals surface area contributed by atoms with Gasteiger partial charge in [-0.3, -0.25) is 0 Å². The van der Waals surface area contributed by atoms with E-state index in [1.807, 2.05) is 24.3 Å². The summed E-state index contributed by atoms with van der Waals surface area (Å²) in [5.74, 6) is 2.44. The first-order valence-corrected chi connectivity index (χ1v) is 8.71. The van der Waals surface area contributed by atoms with Crippen LogP contribution in [0.2, 0.25) is 0 Å². The monoisotopic (exact) mass is 463 g/mol. The number of nitrogens with one attached hydrogen (secondary N) is 2. The van der Waals surface area contributed by atoms with Gasteiger partial charge in [0.2, 0.25) is 0 Å². The summed E-state index contributed by atoms with van der Waals surface area (Å²) in [5, 5.41) is 16.3. The maximum absolute atomic E-state index is 9.58. The van der Waals surface area contributed by atoms with E-state index < -0.39 is 0 Å². The number of halogens is 1. The van der Waals surface area contributed by atoms with Crippen LogP contribution in [0.15, 0.2) is 29.3 Å². The molecule has 0 saturated heterocycles. The average molecular weight is 463 g/mol. The second kappa shape index (κ2) is 12.2. The largest absolute Gasteiger partial charge is 0.497 e. The van der Waals surface area contributed by atoms with Crippen molar-refractivity contribution in [3.05, 3.63) is 24.3 Å². The van der Waals surface area contributed by atoms with E-state index in [4.69, 9.17) is 9.47 Å². The summed E-state index contributed by atoms with van der Waals surface area (Å²) in [6, 6.07) is 7.91. The summed E-state index contributed by atoms with van der Waals surface area (Å²) in [6.07, 6.45) is 3.54. The zero-order valence-electron chi connectivity index (χ0n) is 15.0. The van der Waals surface area contributed by atoms with Gasteiger partial charge in [-0.25, -0.2) is 4.99 Å². The fraction of sp³-hybridized carbons (Fsp3) is 0.611. The first kappa shape index (κ1) is 21.8.